The van der Waals surface area contributed by atoms with E-state index in [-0.39, 0.29) is 24.5 Å². The Balaban J connectivity index is 1.52. The minimum Gasteiger partial charge on any atom is -0.337 e. The number of alkyl halides is 2. The molecule has 0 atom stereocenters. The minimum atomic E-state index is -2.65. The lowest BCUT2D eigenvalue weighted by Crippen LogP contribution is -2.31. The van der Waals surface area contributed by atoms with Crippen molar-refractivity contribution in [1.29, 1.82) is 0 Å². The summed E-state index contributed by atoms with van der Waals surface area (Å²) in [6.45, 7) is 2.05. The van der Waals surface area contributed by atoms with Crippen molar-refractivity contribution in [2.24, 2.45) is 0 Å². The molecule has 0 aromatic carbocycles. The molecule has 10 heteroatoms. The molecule has 2 amide bonds. The van der Waals surface area contributed by atoms with Crippen LogP contribution in [0.1, 0.15) is 23.6 Å². The Kier molecular flexibility index (Phi) is 4.78. The smallest absolute Gasteiger partial charge is 0.319 e. The van der Waals surface area contributed by atoms with Crippen molar-refractivity contribution in [2.75, 3.05) is 11.9 Å². The third kappa shape index (κ3) is 4.22. The molecule has 0 aliphatic heterocycles. The Bertz CT molecular complexity index is 896. The lowest BCUT2D eigenvalue weighted by Gasteiger charge is -2.07. The molecular weight excluding hydrogens is 332 g/mol. The van der Waals surface area contributed by atoms with Crippen molar-refractivity contribution in [1.82, 2.24) is 29.9 Å². The standard InChI is InChI=1S/C15H15F2N7O/c1-9-6-13-20-7-10(8-24(13)23-9)21-15(25)19-5-3-12-18-4-2-11(22-12)14(16)17/h2,4,6-8,14H,3,5H2,1H3,(H2,19,21,25). The fourth-order valence-corrected chi connectivity index (χ4v) is 2.18. The normalized spacial score (nSPS) is 11.0. The Hall–Kier alpha value is -3.17. The summed E-state index contributed by atoms with van der Waals surface area (Å²) in [5.41, 5.74) is 1.65. The van der Waals surface area contributed by atoms with E-state index in [1.54, 1.807) is 10.7 Å². The van der Waals surface area contributed by atoms with Gasteiger partial charge in [0.25, 0.3) is 6.43 Å². The van der Waals surface area contributed by atoms with Crippen LogP contribution in [0.15, 0.2) is 30.7 Å². The predicted molar refractivity (Wildman–Crippen MR) is 85.4 cm³/mol. The van der Waals surface area contributed by atoms with Crippen molar-refractivity contribution >= 4 is 17.4 Å². The molecule has 8 nitrogen and oxygen atoms in total. The van der Waals surface area contributed by atoms with Gasteiger partial charge in [-0.15, -0.1) is 0 Å². The molecule has 0 bridgehead atoms. The van der Waals surface area contributed by atoms with Gasteiger partial charge in [0, 0.05) is 25.2 Å². The fourth-order valence-electron chi connectivity index (χ4n) is 2.18. The second-order valence-corrected chi connectivity index (χ2v) is 5.26. The van der Waals surface area contributed by atoms with E-state index in [0.717, 1.165) is 11.8 Å². The third-order valence-corrected chi connectivity index (χ3v) is 3.28. The van der Waals surface area contributed by atoms with Gasteiger partial charge in [-0.05, 0) is 13.0 Å². The number of carbonyl (C=O) groups excluding carboxylic acids is 1. The molecule has 130 valence electrons. The molecule has 0 saturated carbocycles. The first-order chi connectivity index (χ1) is 12.0. The first-order valence-corrected chi connectivity index (χ1v) is 7.48. The van der Waals surface area contributed by atoms with Crippen LogP contribution >= 0.6 is 0 Å². The lowest BCUT2D eigenvalue weighted by molar-refractivity contribution is 0.145. The summed E-state index contributed by atoms with van der Waals surface area (Å²) in [6, 6.07) is 2.53. The number of aryl methyl sites for hydroxylation is 1. The summed E-state index contributed by atoms with van der Waals surface area (Å²) in [7, 11) is 0. The Morgan fingerprint density at radius 1 is 1.36 bits per heavy atom. The highest BCUT2D eigenvalue weighted by molar-refractivity contribution is 5.88. The van der Waals surface area contributed by atoms with Gasteiger partial charge in [-0.3, -0.25) is 0 Å². The van der Waals surface area contributed by atoms with Crippen LogP contribution in [0.4, 0.5) is 19.3 Å². The number of urea groups is 1. The molecule has 3 rings (SSSR count). The summed E-state index contributed by atoms with van der Waals surface area (Å²) in [5, 5.41) is 9.44. The van der Waals surface area contributed by atoms with Crippen molar-refractivity contribution < 1.29 is 13.6 Å². The van der Waals surface area contributed by atoms with Crippen LogP contribution < -0.4 is 10.6 Å². The lowest BCUT2D eigenvalue weighted by atomic mass is 10.3. The molecule has 3 aromatic rings. The molecule has 3 heterocycles. The number of rotatable bonds is 5. The number of aromatic nitrogens is 5. The highest BCUT2D eigenvalue weighted by atomic mass is 19.3. The molecule has 0 radical (unpaired) electrons. The van der Waals surface area contributed by atoms with E-state index < -0.39 is 12.5 Å². The van der Waals surface area contributed by atoms with E-state index in [1.807, 2.05) is 13.0 Å². The molecule has 25 heavy (non-hydrogen) atoms. The van der Waals surface area contributed by atoms with Gasteiger partial charge in [0.05, 0.1) is 23.8 Å². The van der Waals surface area contributed by atoms with E-state index >= 15 is 0 Å². The third-order valence-electron chi connectivity index (χ3n) is 3.28. The fraction of sp³-hybridized carbons (Fsp3) is 0.267. The highest BCUT2D eigenvalue weighted by Gasteiger charge is 2.10. The summed E-state index contributed by atoms with van der Waals surface area (Å²) < 4.78 is 26.7. The summed E-state index contributed by atoms with van der Waals surface area (Å²) in [6.07, 6.45) is 2.03. The van der Waals surface area contributed by atoms with Crippen LogP contribution in [0, 0.1) is 6.92 Å². The predicted octanol–water partition coefficient (Wildman–Crippen LogP) is 2.13. The van der Waals surface area contributed by atoms with Gasteiger partial charge in [0.1, 0.15) is 11.5 Å². The van der Waals surface area contributed by atoms with E-state index in [9.17, 15) is 13.6 Å². The van der Waals surface area contributed by atoms with Gasteiger partial charge in [-0.25, -0.2) is 33.0 Å². The Labute approximate surface area is 141 Å². The molecule has 0 saturated heterocycles. The second-order valence-electron chi connectivity index (χ2n) is 5.26. The monoisotopic (exact) mass is 347 g/mol. The molecule has 2 N–H and O–H groups in total. The molecule has 0 aliphatic carbocycles. The van der Waals surface area contributed by atoms with Crippen molar-refractivity contribution in [3.63, 3.8) is 0 Å². The van der Waals surface area contributed by atoms with Crippen molar-refractivity contribution in [2.45, 2.75) is 19.8 Å². The zero-order valence-electron chi connectivity index (χ0n) is 13.3. The van der Waals surface area contributed by atoms with Crippen molar-refractivity contribution in [3.8, 4) is 0 Å². The van der Waals surface area contributed by atoms with Crippen LogP contribution in [0.3, 0.4) is 0 Å². The van der Waals surface area contributed by atoms with Crippen LogP contribution in [0.2, 0.25) is 0 Å². The van der Waals surface area contributed by atoms with Crippen LogP contribution in [-0.2, 0) is 6.42 Å². The first-order valence-electron chi connectivity index (χ1n) is 7.48. The quantitative estimate of drug-likeness (QED) is 0.737. The number of fused-ring (bicyclic) bond motifs is 1. The van der Waals surface area contributed by atoms with Gasteiger partial charge in [-0.1, -0.05) is 0 Å². The summed E-state index contributed by atoms with van der Waals surface area (Å²) in [5.74, 6) is 0.244. The SMILES string of the molecule is Cc1cc2ncc(NC(=O)NCCc3nccc(C(F)F)n3)cn2n1. The molecule has 3 aromatic heterocycles. The van der Waals surface area contributed by atoms with Gasteiger partial charge in [0.15, 0.2) is 5.65 Å². The zero-order valence-corrected chi connectivity index (χ0v) is 13.3. The molecule has 0 fully saturated rings. The van der Waals surface area contributed by atoms with Crippen LogP contribution in [0.25, 0.3) is 5.65 Å². The Morgan fingerprint density at radius 3 is 3.00 bits per heavy atom. The first kappa shape index (κ1) is 16.7. The van der Waals surface area contributed by atoms with Gasteiger partial charge < -0.3 is 10.6 Å². The number of nitrogens with one attached hydrogen (secondary N) is 2. The van der Waals surface area contributed by atoms with E-state index in [2.05, 4.69) is 30.7 Å². The maximum atomic E-state index is 12.6. The molecule has 0 spiro atoms. The van der Waals surface area contributed by atoms with Crippen LogP contribution in [-0.4, -0.2) is 37.1 Å². The van der Waals surface area contributed by atoms with Gasteiger partial charge >= 0.3 is 6.03 Å². The van der Waals surface area contributed by atoms with E-state index in [1.165, 1.54) is 12.4 Å². The number of nitrogens with zero attached hydrogens (tertiary/aromatic N) is 5. The highest BCUT2D eigenvalue weighted by Crippen LogP contribution is 2.15. The number of halogens is 2. The van der Waals surface area contributed by atoms with E-state index in [0.29, 0.717) is 11.3 Å². The largest absolute Gasteiger partial charge is 0.337 e. The molecule has 0 aliphatic rings. The Morgan fingerprint density at radius 2 is 2.20 bits per heavy atom. The van der Waals surface area contributed by atoms with Crippen LogP contribution in [0.5, 0.6) is 0 Å². The topological polar surface area (TPSA) is 97.1 Å². The second kappa shape index (κ2) is 7.16. The molecule has 0 unspecified atom stereocenters. The number of carbonyl (C=O) groups is 1. The summed E-state index contributed by atoms with van der Waals surface area (Å²) in [4.78, 5) is 23.7. The average Bonchev–Trinajstić information content (AvgIpc) is 2.94. The maximum absolute atomic E-state index is 12.6. The maximum Gasteiger partial charge on any atom is 0.319 e. The van der Waals surface area contributed by atoms with Crippen molar-refractivity contribution in [3.05, 3.63) is 47.9 Å². The minimum absolute atomic E-state index is 0.203. The zero-order chi connectivity index (χ0) is 17.8. The van der Waals surface area contributed by atoms with Gasteiger partial charge in [0.2, 0.25) is 0 Å². The average molecular weight is 347 g/mol. The van der Waals surface area contributed by atoms with E-state index in [4.69, 9.17) is 0 Å². The number of hydrogen-bond acceptors (Lipinski definition) is 5. The summed E-state index contributed by atoms with van der Waals surface area (Å²) >= 11 is 0. The number of amides is 2. The van der Waals surface area contributed by atoms with Gasteiger partial charge in [-0.2, -0.15) is 5.10 Å². The molecular formula is C15H15F2N7O. The number of hydrogen-bond donors (Lipinski definition) is 2. The number of anilines is 1.